The minimum absolute atomic E-state index is 0.584. The molecule has 0 N–H and O–H groups in total. The quantitative estimate of drug-likeness (QED) is 0.236. The molecule has 0 bridgehead atoms. The van der Waals surface area contributed by atoms with Gasteiger partial charge >= 0.3 is 0 Å². The fourth-order valence-corrected chi connectivity index (χ4v) is 7.40. The first kappa shape index (κ1) is 23.3. The van der Waals surface area contributed by atoms with Crippen molar-refractivity contribution in [1.82, 2.24) is 9.97 Å². The molecule has 37 heavy (non-hydrogen) atoms. The van der Waals surface area contributed by atoms with Gasteiger partial charge in [-0.2, -0.15) is 0 Å². The molecule has 182 valence electrons. The summed E-state index contributed by atoms with van der Waals surface area (Å²) in [4.78, 5) is 11.2. The number of rotatable bonds is 5. The maximum absolute atomic E-state index is 6.22. The first-order valence-electron chi connectivity index (χ1n) is 12.4. The number of anilines is 1. The van der Waals surface area contributed by atoms with Crippen molar-refractivity contribution in [3.63, 3.8) is 0 Å². The number of ether oxygens (including phenoxy) is 1. The summed E-state index contributed by atoms with van der Waals surface area (Å²) in [6, 6.07) is 30.2. The van der Waals surface area contributed by atoms with Gasteiger partial charge in [0.25, 0.3) is 0 Å². The van der Waals surface area contributed by atoms with Crippen LogP contribution >= 0.6 is 7.53 Å². The Morgan fingerprint density at radius 2 is 1.57 bits per heavy atom. The topological polar surface area (TPSA) is 38.2 Å². The fourth-order valence-electron chi connectivity index (χ4n) is 4.87. The number of fused-ring (bicyclic) bond motifs is 3. The highest BCUT2D eigenvalue weighted by Crippen LogP contribution is 2.55. The van der Waals surface area contributed by atoms with Crippen LogP contribution in [0.15, 0.2) is 97.3 Å². The molecule has 0 spiro atoms. The van der Waals surface area contributed by atoms with Crippen LogP contribution in [-0.4, -0.2) is 24.1 Å². The number of aromatic nitrogens is 2. The number of pyridine rings is 2. The van der Waals surface area contributed by atoms with Crippen molar-refractivity contribution in [2.45, 2.75) is 13.8 Å². The SMILES string of the molecule is Cc1cc(Oc2cc(N(C)C)ccn2)cc(-c2ccc3c4cc(C)ccc4p(-c4ccccn4)c3c2)c1. The summed E-state index contributed by atoms with van der Waals surface area (Å²) in [5.74, 6) is 1.37. The van der Waals surface area contributed by atoms with Gasteiger partial charge in [-0.15, -0.1) is 0 Å². The number of hydrogen-bond donors (Lipinski definition) is 0. The van der Waals surface area contributed by atoms with Crippen LogP contribution < -0.4 is 9.64 Å². The Morgan fingerprint density at radius 3 is 2.38 bits per heavy atom. The molecule has 4 nitrogen and oxygen atoms in total. The lowest BCUT2D eigenvalue weighted by Gasteiger charge is -2.14. The van der Waals surface area contributed by atoms with Crippen LogP contribution in [0.25, 0.3) is 37.6 Å². The van der Waals surface area contributed by atoms with Gasteiger partial charge in [0.2, 0.25) is 5.88 Å². The third-order valence-electron chi connectivity index (χ3n) is 6.64. The van der Waals surface area contributed by atoms with E-state index in [1.54, 1.807) is 6.20 Å². The highest BCUT2D eigenvalue weighted by Gasteiger charge is 2.16. The van der Waals surface area contributed by atoms with Gasteiger partial charge in [-0.3, -0.25) is 4.98 Å². The smallest absolute Gasteiger partial charge is 0.221 e. The first-order chi connectivity index (χ1) is 18.0. The van der Waals surface area contributed by atoms with E-state index in [0.29, 0.717) is 5.88 Å². The molecule has 3 aromatic carbocycles. The molecule has 6 rings (SSSR count). The van der Waals surface area contributed by atoms with Crippen LogP contribution in [0, 0.1) is 13.8 Å². The molecule has 5 heteroatoms. The second-order valence-corrected chi connectivity index (χ2v) is 11.8. The van der Waals surface area contributed by atoms with Crippen molar-refractivity contribution in [3.05, 3.63) is 108 Å². The predicted molar refractivity (Wildman–Crippen MR) is 157 cm³/mol. The molecule has 3 aromatic heterocycles. The molecule has 0 amide bonds. The summed E-state index contributed by atoms with van der Waals surface area (Å²) in [5.41, 5.74) is 6.91. The predicted octanol–water partition coefficient (Wildman–Crippen LogP) is 8.90. The average Bonchev–Trinajstić information content (AvgIpc) is 3.21. The summed E-state index contributed by atoms with van der Waals surface area (Å²) in [6.07, 6.45) is 3.68. The van der Waals surface area contributed by atoms with E-state index < -0.39 is 7.53 Å². The monoisotopic (exact) mass is 501 g/mol. The van der Waals surface area contributed by atoms with Crippen molar-refractivity contribution in [2.75, 3.05) is 19.0 Å². The van der Waals surface area contributed by atoms with Crippen molar-refractivity contribution >= 4 is 34.2 Å². The zero-order chi connectivity index (χ0) is 25.5. The van der Waals surface area contributed by atoms with E-state index in [-0.39, 0.29) is 0 Å². The molecule has 0 radical (unpaired) electrons. The molecule has 0 aliphatic heterocycles. The molecule has 6 aromatic rings. The summed E-state index contributed by atoms with van der Waals surface area (Å²) in [5, 5.41) is 5.38. The van der Waals surface area contributed by atoms with E-state index in [1.807, 2.05) is 43.4 Å². The van der Waals surface area contributed by atoms with Gasteiger partial charge in [0, 0.05) is 48.5 Å². The Hall–Kier alpha value is -4.14. The first-order valence-corrected chi connectivity index (χ1v) is 13.7. The van der Waals surface area contributed by atoms with Gasteiger partial charge in [0.05, 0.1) is 5.44 Å². The Labute approximate surface area is 218 Å². The molecule has 1 atom stereocenters. The Morgan fingerprint density at radius 1 is 0.676 bits per heavy atom. The number of benzene rings is 3. The largest absolute Gasteiger partial charge is 0.439 e. The number of aryl methyl sites for hydroxylation is 2. The second-order valence-electron chi connectivity index (χ2n) is 9.66. The lowest BCUT2D eigenvalue weighted by Crippen LogP contribution is -2.08. The normalized spacial score (nSPS) is 11.7. The molecular formula is C32H28N3OP. The minimum Gasteiger partial charge on any atom is -0.439 e. The van der Waals surface area contributed by atoms with Crippen molar-refractivity contribution in [2.24, 2.45) is 0 Å². The third kappa shape index (κ3) is 4.45. The van der Waals surface area contributed by atoms with Gasteiger partial charge in [0.15, 0.2) is 0 Å². The molecule has 0 fully saturated rings. The number of nitrogens with zero attached hydrogens (tertiary/aromatic N) is 3. The summed E-state index contributed by atoms with van der Waals surface area (Å²) in [7, 11) is 3.31. The van der Waals surface area contributed by atoms with Gasteiger partial charge in [-0.05, 0) is 83.8 Å². The number of hydrogen-bond acceptors (Lipinski definition) is 4. The third-order valence-corrected chi connectivity index (χ3v) is 9.09. The summed E-state index contributed by atoms with van der Waals surface area (Å²) >= 11 is 0. The Balaban J connectivity index is 1.48. The molecular weight excluding hydrogens is 473 g/mol. The Bertz CT molecular complexity index is 1760. The van der Waals surface area contributed by atoms with Crippen LogP contribution in [-0.2, 0) is 0 Å². The second kappa shape index (κ2) is 9.38. The fraction of sp³-hybridized carbons (Fsp3) is 0.125. The van der Waals surface area contributed by atoms with Crippen molar-refractivity contribution < 1.29 is 4.74 Å². The van der Waals surface area contributed by atoms with Gasteiger partial charge in [-0.25, -0.2) is 4.98 Å². The zero-order valence-electron chi connectivity index (χ0n) is 21.4. The Kier molecular flexibility index (Phi) is 5.90. The molecule has 0 saturated carbocycles. The van der Waals surface area contributed by atoms with E-state index >= 15 is 0 Å². The zero-order valence-corrected chi connectivity index (χ0v) is 22.3. The van der Waals surface area contributed by atoms with Gasteiger partial charge in [0.1, 0.15) is 5.75 Å². The maximum atomic E-state index is 6.22. The maximum Gasteiger partial charge on any atom is 0.221 e. The average molecular weight is 502 g/mol. The van der Waals surface area contributed by atoms with E-state index in [9.17, 15) is 0 Å². The van der Waals surface area contributed by atoms with E-state index in [2.05, 4.69) is 85.6 Å². The summed E-state index contributed by atoms with van der Waals surface area (Å²) in [6.45, 7) is 4.26. The van der Waals surface area contributed by atoms with Gasteiger partial charge in [-0.1, -0.05) is 49.5 Å². The highest BCUT2D eigenvalue weighted by molar-refractivity contribution is 7.67. The standard InChI is InChI=1S/C32H28N3OP/c1-21-8-11-29-28(17-21)27-10-9-23(19-30(27)37(29)32-7-5-6-13-34-32)24-15-22(2)16-26(18-24)36-31-20-25(35(3)4)12-14-33-31/h5-20H,1-4H3. The molecule has 1 unspecified atom stereocenters. The van der Waals surface area contributed by atoms with Gasteiger partial charge < -0.3 is 9.64 Å². The van der Waals surface area contributed by atoms with Crippen LogP contribution in [0.3, 0.4) is 0 Å². The molecule has 0 aliphatic rings. The van der Waals surface area contributed by atoms with Crippen LogP contribution in [0.4, 0.5) is 5.69 Å². The van der Waals surface area contributed by atoms with Crippen molar-refractivity contribution in [3.8, 4) is 28.2 Å². The molecule has 0 saturated heterocycles. The van der Waals surface area contributed by atoms with E-state index in [0.717, 1.165) is 28.0 Å². The highest BCUT2D eigenvalue weighted by atomic mass is 31.1. The molecule has 0 aliphatic carbocycles. The van der Waals surface area contributed by atoms with E-state index in [1.165, 1.54) is 32.1 Å². The van der Waals surface area contributed by atoms with E-state index in [4.69, 9.17) is 9.72 Å². The lowest BCUT2D eigenvalue weighted by molar-refractivity contribution is 0.463. The lowest BCUT2D eigenvalue weighted by atomic mass is 10.0. The summed E-state index contributed by atoms with van der Waals surface area (Å²) < 4.78 is 6.22. The van der Waals surface area contributed by atoms with Crippen LogP contribution in [0.1, 0.15) is 11.1 Å². The molecule has 3 heterocycles. The van der Waals surface area contributed by atoms with Crippen LogP contribution in [0.2, 0.25) is 0 Å². The minimum atomic E-state index is -0.713. The van der Waals surface area contributed by atoms with Crippen LogP contribution in [0.5, 0.6) is 11.6 Å². The van der Waals surface area contributed by atoms with Crippen molar-refractivity contribution in [1.29, 1.82) is 0 Å².